The molecule has 264 valence electrons. The van der Waals surface area contributed by atoms with Gasteiger partial charge in [-0.3, -0.25) is 0 Å². The summed E-state index contributed by atoms with van der Waals surface area (Å²) in [5.41, 5.74) is 12.0. The second kappa shape index (κ2) is 12.3. The number of nitrogens with zero attached hydrogens (tertiary/aromatic N) is 1. The Morgan fingerprint density at radius 2 is 1.25 bits per heavy atom. The molecule has 56 heavy (non-hydrogen) atoms. The van der Waals surface area contributed by atoms with Gasteiger partial charge in [-0.2, -0.15) is 0 Å². The SMILES string of the molecule is C1=Cc2c(oc3ccc(-c4ccc(N(c5ccc(-c6cccc7oc8c9ccccc9ccc8c67)cc5)c5cccc6sc7ccccc7c56)cc4)cc23)CC1. The van der Waals surface area contributed by atoms with Crippen molar-refractivity contribution in [3.8, 4) is 22.3 Å². The average Bonchev–Trinajstić information content (AvgIpc) is 3.96. The number of hydrogen-bond acceptors (Lipinski definition) is 4. The minimum atomic E-state index is 0.902. The van der Waals surface area contributed by atoms with Gasteiger partial charge in [0.05, 0.1) is 5.69 Å². The lowest BCUT2D eigenvalue weighted by molar-refractivity contribution is 0.546. The molecule has 1 aliphatic rings. The summed E-state index contributed by atoms with van der Waals surface area (Å²) in [7, 11) is 0. The third-order valence-electron chi connectivity index (χ3n) is 11.5. The van der Waals surface area contributed by atoms with Crippen LogP contribution in [0.1, 0.15) is 17.7 Å². The predicted molar refractivity (Wildman–Crippen MR) is 237 cm³/mol. The van der Waals surface area contributed by atoms with Crippen LogP contribution in [0.15, 0.2) is 179 Å². The first-order chi connectivity index (χ1) is 27.7. The number of fused-ring (bicyclic) bond motifs is 11. The molecule has 8 aromatic carbocycles. The zero-order valence-electron chi connectivity index (χ0n) is 30.3. The Morgan fingerprint density at radius 1 is 0.500 bits per heavy atom. The highest BCUT2D eigenvalue weighted by molar-refractivity contribution is 7.26. The minimum absolute atomic E-state index is 0.902. The molecule has 0 unspecified atom stereocenters. The van der Waals surface area contributed by atoms with E-state index in [1.54, 1.807) is 0 Å². The van der Waals surface area contributed by atoms with E-state index in [-0.39, 0.29) is 0 Å². The molecule has 0 amide bonds. The zero-order valence-corrected chi connectivity index (χ0v) is 31.1. The maximum absolute atomic E-state index is 6.54. The third-order valence-corrected chi connectivity index (χ3v) is 12.7. The Balaban J connectivity index is 0.993. The Morgan fingerprint density at radius 3 is 2.12 bits per heavy atom. The number of benzene rings is 8. The summed E-state index contributed by atoms with van der Waals surface area (Å²) in [5, 5.41) is 8.33. The molecule has 0 saturated heterocycles. The van der Waals surface area contributed by atoms with Crippen LogP contribution in [-0.2, 0) is 6.42 Å². The van der Waals surface area contributed by atoms with E-state index in [0.717, 1.165) is 79.7 Å². The fourth-order valence-corrected chi connectivity index (χ4v) is 10.0. The second-order valence-electron chi connectivity index (χ2n) is 14.7. The Kier molecular flexibility index (Phi) is 6.92. The fourth-order valence-electron chi connectivity index (χ4n) is 8.89. The van der Waals surface area contributed by atoms with Gasteiger partial charge in [-0.05, 0) is 101 Å². The van der Waals surface area contributed by atoms with E-state index in [1.807, 2.05) is 11.3 Å². The quantitative estimate of drug-likeness (QED) is 0.176. The van der Waals surface area contributed by atoms with Crippen LogP contribution in [0.3, 0.4) is 0 Å². The Labute approximate surface area is 327 Å². The minimum Gasteiger partial charge on any atom is -0.460 e. The van der Waals surface area contributed by atoms with Gasteiger partial charge in [0.2, 0.25) is 0 Å². The molecule has 4 heteroatoms. The van der Waals surface area contributed by atoms with E-state index in [0.29, 0.717) is 0 Å². The molecular formula is C52H33NO2S. The molecule has 0 spiro atoms. The van der Waals surface area contributed by atoms with Crippen LogP contribution >= 0.6 is 11.3 Å². The molecule has 0 radical (unpaired) electrons. The van der Waals surface area contributed by atoms with Crippen LogP contribution in [0.5, 0.6) is 0 Å². The van der Waals surface area contributed by atoms with Gasteiger partial charge in [-0.1, -0.05) is 109 Å². The molecule has 0 N–H and O–H groups in total. The summed E-state index contributed by atoms with van der Waals surface area (Å²) >= 11 is 1.85. The highest BCUT2D eigenvalue weighted by atomic mass is 32.1. The highest BCUT2D eigenvalue weighted by Crippen LogP contribution is 2.46. The maximum Gasteiger partial charge on any atom is 0.143 e. The lowest BCUT2D eigenvalue weighted by Crippen LogP contribution is -2.10. The van der Waals surface area contributed by atoms with Crippen LogP contribution in [-0.4, -0.2) is 0 Å². The van der Waals surface area contributed by atoms with Gasteiger partial charge < -0.3 is 13.7 Å². The third kappa shape index (κ3) is 4.83. The van der Waals surface area contributed by atoms with Crippen LogP contribution in [0.25, 0.3) is 92.2 Å². The lowest BCUT2D eigenvalue weighted by Gasteiger charge is -2.27. The smallest absolute Gasteiger partial charge is 0.143 e. The molecule has 0 aliphatic heterocycles. The Hall–Kier alpha value is -6.88. The van der Waals surface area contributed by atoms with Gasteiger partial charge in [-0.25, -0.2) is 0 Å². The molecule has 0 fully saturated rings. The zero-order chi connectivity index (χ0) is 36.7. The molecule has 0 saturated carbocycles. The summed E-state index contributed by atoms with van der Waals surface area (Å²) in [6, 6.07) is 59.3. The van der Waals surface area contributed by atoms with Crippen molar-refractivity contribution in [2.75, 3.05) is 4.90 Å². The van der Waals surface area contributed by atoms with E-state index in [1.165, 1.54) is 47.6 Å². The van der Waals surface area contributed by atoms with E-state index in [4.69, 9.17) is 8.83 Å². The average molecular weight is 736 g/mol. The van der Waals surface area contributed by atoms with Crippen molar-refractivity contribution in [3.05, 3.63) is 181 Å². The summed E-state index contributed by atoms with van der Waals surface area (Å²) in [4.78, 5) is 2.41. The van der Waals surface area contributed by atoms with E-state index < -0.39 is 0 Å². The summed E-state index contributed by atoms with van der Waals surface area (Å²) in [6.45, 7) is 0. The molecule has 12 rings (SSSR count). The first kappa shape index (κ1) is 31.5. The van der Waals surface area contributed by atoms with Gasteiger partial charge in [0.1, 0.15) is 22.5 Å². The predicted octanol–water partition coefficient (Wildman–Crippen LogP) is 15.6. The van der Waals surface area contributed by atoms with Crippen LogP contribution in [0.2, 0.25) is 0 Å². The van der Waals surface area contributed by atoms with E-state index >= 15 is 0 Å². The monoisotopic (exact) mass is 735 g/mol. The molecule has 11 aromatic rings. The number of hydrogen-bond donors (Lipinski definition) is 0. The number of rotatable bonds is 5. The topological polar surface area (TPSA) is 29.5 Å². The summed E-state index contributed by atoms with van der Waals surface area (Å²) in [5.74, 6) is 1.09. The fraction of sp³-hybridized carbons (Fsp3) is 0.0385. The normalized spacial score (nSPS) is 12.8. The number of anilines is 3. The number of thiophene rings is 1. The van der Waals surface area contributed by atoms with Crippen molar-refractivity contribution in [1.82, 2.24) is 0 Å². The molecular weight excluding hydrogens is 703 g/mol. The molecule has 0 bridgehead atoms. The van der Waals surface area contributed by atoms with Gasteiger partial charge in [0, 0.05) is 65.1 Å². The van der Waals surface area contributed by atoms with Crippen molar-refractivity contribution >= 4 is 98.3 Å². The first-order valence-corrected chi connectivity index (χ1v) is 20.0. The Bertz CT molecular complexity index is 3360. The first-order valence-electron chi connectivity index (χ1n) is 19.2. The number of furan rings is 2. The van der Waals surface area contributed by atoms with Crippen molar-refractivity contribution in [1.29, 1.82) is 0 Å². The molecule has 1 aliphatic carbocycles. The van der Waals surface area contributed by atoms with Gasteiger partial charge in [0.15, 0.2) is 0 Å². The summed E-state index contributed by atoms with van der Waals surface area (Å²) in [6.07, 6.45) is 6.46. The van der Waals surface area contributed by atoms with Crippen molar-refractivity contribution in [2.24, 2.45) is 0 Å². The van der Waals surface area contributed by atoms with Crippen molar-refractivity contribution < 1.29 is 8.83 Å². The standard InChI is InChI=1S/C52H33NO2S/c1-2-10-39-33(9-1)23-29-42-50-38(13-7-16-47(50)55-52(39)42)34-21-27-37(28-22-34)53(44-14-8-18-49-51(44)41-12-4-6-17-48(41)56-49)36-25-19-32(20-26-36)35-24-30-46-43(31-35)40-11-3-5-15-45(40)54-46/h1-4,6-14,16-31H,5,15H2. The van der Waals surface area contributed by atoms with Gasteiger partial charge in [-0.15, -0.1) is 11.3 Å². The maximum atomic E-state index is 6.54. The number of allylic oxidation sites excluding steroid dienone is 1. The highest BCUT2D eigenvalue weighted by Gasteiger charge is 2.21. The molecule has 3 heterocycles. The van der Waals surface area contributed by atoms with Gasteiger partial charge >= 0.3 is 0 Å². The number of aryl methyl sites for hydroxylation is 1. The van der Waals surface area contributed by atoms with Crippen molar-refractivity contribution in [2.45, 2.75) is 12.8 Å². The van der Waals surface area contributed by atoms with Crippen molar-refractivity contribution in [3.63, 3.8) is 0 Å². The van der Waals surface area contributed by atoms with E-state index in [2.05, 4.69) is 181 Å². The van der Waals surface area contributed by atoms with Crippen LogP contribution < -0.4 is 4.90 Å². The van der Waals surface area contributed by atoms with Crippen LogP contribution in [0, 0.1) is 0 Å². The molecule has 3 aromatic heterocycles. The van der Waals surface area contributed by atoms with E-state index in [9.17, 15) is 0 Å². The van der Waals surface area contributed by atoms with Gasteiger partial charge in [0.25, 0.3) is 0 Å². The molecule has 0 atom stereocenters. The summed E-state index contributed by atoms with van der Waals surface area (Å²) < 4.78 is 15.3. The van der Waals surface area contributed by atoms with Crippen LogP contribution in [0.4, 0.5) is 17.1 Å². The largest absolute Gasteiger partial charge is 0.460 e. The second-order valence-corrected chi connectivity index (χ2v) is 15.8. The molecule has 3 nitrogen and oxygen atoms in total. The lowest BCUT2D eigenvalue weighted by atomic mass is 9.97.